The first kappa shape index (κ1) is 17.5. The molecule has 0 saturated heterocycles. The Morgan fingerprint density at radius 1 is 1.33 bits per heavy atom. The first-order valence-electron chi connectivity index (χ1n) is 7.58. The number of carbonyl (C=O) groups is 2. The van der Waals surface area contributed by atoms with Crippen LogP contribution in [0.4, 0.5) is 0 Å². The largest absolute Gasteiger partial charge is 0.493 e. The van der Waals surface area contributed by atoms with Crippen molar-refractivity contribution >= 4 is 11.7 Å². The minimum atomic E-state index is -0.243. The van der Waals surface area contributed by atoms with E-state index >= 15 is 0 Å². The second-order valence-electron chi connectivity index (χ2n) is 5.41. The topological polar surface area (TPSA) is 82.5 Å². The average Bonchev–Trinajstić information content (AvgIpc) is 3.05. The highest BCUT2D eigenvalue weighted by molar-refractivity contribution is 5.94. The molecule has 1 N–H and O–H groups in total. The Hall–Kier alpha value is -2.83. The third-order valence-electron chi connectivity index (χ3n) is 3.36. The van der Waals surface area contributed by atoms with Crippen molar-refractivity contribution in [1.29, 1.82) is 0 Å². The van der Waals surface area contributed by atoms with Gasteiger partial charge >= 0.3 is 0 Å². The number of aromatic nitrogens is 2. The molecule has 1 aromatic carbocycles. The number of ketones is 1. The normalized spacial score (nSPS) is 11.6. The zero-order chi connectivity index (χ0) is 17.5. The molecular formula is C17H21N3O4. The van der Waals surface area contributed by atoms with E-state index in [-0.39, 0.29) is 24.3 Å². The summed E-state index contributed by atoms with van der Waals surface area (Å²) in [6.07, 6.45) is 3.52. The van der Waals surface area contributed by atoms with E-state index in [4.69, 9.17) is 9.47 Å². The summed E-state index contributed by atoms with van der Waals surface area (Å²) in [7, 11) is 1.48. The van der Waals surface area contributed by atoms with Crippen molar-refractivity contribution in [3.8, 4) is 11.5 Å². The number of Topliss-reactive ketones (excluding diaryl/α,β-unsaturated/α-hetero) is 1. The molecule has 2 rings (SSSR count). The van der Waals surface area contributed by atoms with Crippen LogP contribution in [0.25, 0.3) is 0 Å². The maximum absolute atomic E-state index is 12.0. The van der Waals surface area contributed by atoms with E-state index in [1.807, 2.05) is 19.2 Å². The standard InChI is InChI=1S/C17H21N3O4/c1-12(10-20-8-4-7-18-20)19-17(22)11-24-15-6-5-14(13(2)21)9-16(15)23-3/h4-9,12H,10-11H2,1-3H3,(H,19,22)/t12-/m0/s1. The van der Waals surface area contributed by atoms with Crippen LogP contribution in [0.5, 0.6) is 11.5 Å². The highest BCUT2D eigenvalue weighted by Gasteiger charge is 2.12. The second-order valence-corrected chi connectivity index (χ2v) is 5.41. The maximum atomic E-state index is 12.0. The molecule has 128 valence electrons. The van der Waals surface area contributed by atoms with Crippen molar-refractivity contribution in [3.05, 3.63) is 42.2 Å². The van der Waals surface area contributed by atoms with E-state index in [0.29, 0.717) is 23.6 Å². The Bertz CT molecular complexity index is 698. The maximum Gasteiger partial charge on any atom is 0.258 e. The predicted octanol–water partition coefficient (Wildman–Crippen LogP) is 1.68. The molecule has 24 heavy (non-hydrogen) atoms. The summed E-state index contributed by atoms with van der Waals surface area (Å²) >= 11 is 0. The predicted molar refractivity (Wildman–Crippen MR) is 88.3 cm³/mol. The molecule has 0 radical (unpaired) electrons. The number of nitrogens with zero attached hydrogens (tertiary/aromatic N) is 2. The first-order chi connectivity index (χ1) is 11.5. The highest BCUT2D eigenvalue weighted by Crippen LogP contribution is 2.28. The van der Waals surface area contributed by atoms with Crippen LogP contribution < -0.4 is 14.8 Å². The molecule has 0 aliphatic rings. The van der Waals surface area contributed by atoms with Gasteiger partial charge in [0.1, 0.15) is 0 Å². The van der Waals surface area contributed by atoms with E-state index in [2.05, 4.69) is 10.4 Å². The lowest BCUT2D eigenvalue weighted by Gasteiger charge is -2.15. The zero-order valence-electron chi connectivity index (χ0n) is 14.0. The number of hydrogen-bond donors (Lipinski definition) is 1. The monoisotopic (exact) mass is 331 g/mol. The molecule has 2 aromatic rings. The zero-order valence-corrected chi connectivity index (χ0v) is 14.0. The summed E-state index contributed by atoms with van der Waals surface area (Å²) in [6, 6.07) is 6.60. The average molecular weight is 331 g/mol. The molecule has 1 heterocycles. The molecule has 0 saturated carbocycles. The fraction of sp³-hybridized carbons (Fsp3) is 0.353. The lowest BCUT2D eigenvalue weighted by atomic mass is 10.1. The Labute approximate surface area is 140 Å². The number of hydrogen-bond acceptors (Lipinski definition) is 5. The fourth-order valence-electron chi connectivity index (χ4n) is 2.20. The quantitative estimate of drug-likeness (QED) is 0.744. The minimum Gasteiger partial charge on any atom is -0.493 e. The molecule has 1 amide bonds. The summed E-state index contributed by atoms with van der Waals surface area (Å²) in [5, 5.41) is 6.93. The lowest BCUT2D eigenvalue weighted by molar-refractivity contribution is -0.123. The Morgan fingerprint density at radius 2 is 2.12 bits per heavy atom. The van der Waals surface area contributed by atoms with E-state index in [1.165, 1.54) is 14.0 Å². The van der Waals surface area contributed by atoms with Gasteiger partial charge in [0.15, 0.2) is 23.9 Å². The van der Waals surface area contributed by atoms with Gasteiger partial charge in [0.25, 0.3) is 5.91 Å². The smallest absolute Gasteiger partial charge is 0.258 e. The molecule has 0 bridgehead atoms. The number of methoxy groups -OCH3 is 1. The molecule has 1 aromatic heterocycles. The van der Waals surface area contributed by atoms with Gasteiger partial charge in [-0.2, -0.15) is 5.10 Å². The van der Waals surface area contributed by atoms with Crippen molar-refractivity contribution < 1.29 is 19.1 Å². The van der Waals surface area contributed by atoms with Gasteiger partial charge in [0.2, 0.25) is 0 Å². The second kappa shape index (κ2) is 8.14. The van der Waals surface area contributed by atoms with Crippen LogP contribution in [0, 0.1) is 0 Å². The van der Waals surface area contributed by atoms with Crippen LogP contribution in [0.1, 0.15) is 24.2 Å². The number of amides is 1. The molecular weight excluding hydrogens is 310 g/mol. The van der Waals surface area contributed by atoms with Crippen LogP contribution in [0.3, 0.4) is 0 Å². The van der Waals surface area contributed by atoms with Gasteiger partial charge < -0.3 is 14.8 Å². The minimum absolute atomic E-state index is 0.0648. The van der Waals surface area contributed by atoms with Crippen LogP contribution in [0.15, 0.2) is 36.7 Å². The fourth-order valence-corrected chi connectivity index (χ4v) is 2.20. The van der Waals surface area contributed by atoms with Gasteiger partial charge in [-0.3, -0.25) is 14.3 Å². The van der Waals surface area contributed by atoms with Gasteiger partial charge in [0, 0.05) is 24.0 Å². The van der Waals surface area contributed by atoms with Crippen molar-refractivity contribution in [2.45, 2.75) is 26.4 Å². The molecule has 7 nitrogen and oxygen atoms in total. The van der Waals surface area contributed by atoms with E-state index in [0.717, 1.165) is 0 Å². The number of ether oxygens (including phenoxy) is 2. The van der Waals surface area contributed by atoms with Crippen molar-refractivity contribution in [2.75, 3.05) is 13.7 Å². The molecule has 0 aliphatic heterocycles. The third kappa shape index (κ3) is 4.84. The summed E-state index contributed by atoms with van der Waals surface area (Å²) in [5.41, 5.74) is 0.525. The Kier molecular flexibility index (Phi) is 5.95. The van der Waals surface area contributed by atoms with E-state index in [1.54, 1.807) is 29.1 Å². The van der Waals surface area contributed by atoms with Crippen LogP contribution in [-0.4, -0.2) is 41.2 Å². The van der Waals surface area contributed by atoms with Crippen molar-refractivity contribution in [3.63, 3.8) is 0 Å². The molecule has 0 fully saturated rings. The summed E-state index contributed by atoms with van der Waals surface area (Å²) in [6.45, 7) is 3.81. The third-order valence-corrected chi connectivity index (χ3v) is 3.36. The Balaban J connectivity index is 1.88. The number of rotatable bonds is 8. The summed E-state index contributed by atoms with van der Waals surface area (Å²) < 4.78 is 12.4. The van der Waals surface area contributed by atoms with E-state index in [9.17, 15) is 9.59 Å². The van der Waals surface area contributed by atoms with Gasteiger partial charge in [0.05, 0.1) is 13.7 Å². The Morgan fingerprint density at radius 3 is 2.75 bits per heavy atom. The molecule has 7 heteroatoms. The molecule has 1 atom stereocenters. The van der Waals surface area contributed by atoms with E-state index < -0.39 is 0 Å². The molecule has 0 aliphatic carbocycles. The summed E-state index contributed by atoms with van der Waals surface area (Å²) in [4.78, 5) is 23.3. The molecule has 0 unspecified atom stereocenters. The van der Waals surface area contributed by atoms with Crippen LogP contribution in [-0.2, 0) is 11.3 Å². The van der Waals surface area contributed by atoms with Crippen molar-refractivity contribution in [1.82, 2.24) is 15.1 Å². The molecule has 0 spiro atoms. The number of benzene rings is 1. The van der Waals surface area contributed by atoms with Gasteiger partial charge in [-0.25, -0.2) is 0 Å². The van der Waals surface area contributed by atoms with Gasteiger partial charge in [-0.05, 0) is 38.1 Å². The number of carbonyl (C=O) groups excluding carboxylic acids is 2. The first-order valence-corrected chi connectivity index (χ1v) is 7.58. The van der Waals surface area contributed by atoms with Crippen LogP contribution >= 0.6 is 0 Å². The lowest BCUT2D eigenvalue weighted by Crippen LogP contribution is -2.38. The van der Waals surface area contributed by atoms with Gasteiger partial charge in [-0.1, -0.05) is 0 Å². The highest BCUT2D eigenvalue weighted by atomic mass is 16.5. The number of nitrogens with one attached hydrogen (secondary N) is 1. The SMILES string of the molecule is COc1cc(C(C)=O)ccc1OCC(=O)N[C@@H](C)Cn1cccn1. The summed E-state index contributed by atoms with van der Waals surface area (Å²) in [5.74, 6) is 0.523. The van der Waals surface area contributed by atoms with Crippen molar-refractivity contribution in [2.24, 2.45) is 0 Å². The van der Waals surface area contributed by atoms with Crippen LogP contribution in [0.2, 0.25) is 0 Å². The van der Waals surface area contributed by atoms with Gasteiger partial charge in [-0.15, -0.1) is 0 Å².